The summed E-state index contributed by atoms with van der Waals surface area (Å²) in [5, 5.41) is 27.0. The highest BCUT2D eigenvalue weighted by atomic mass is 19.1. The van der Waals surface area contributed by atoms with E-state index >= 15 is 0 Å². The highest BCUT2D eigenvalue weighted by Crippen LogP contribution is 2.29. The van der Waals surface area contributed by atoms with Crippen LogP contribution in [-0.4, -0.2) is 49.8 Å². The van der Waals surface area contributed by atoms with Gasteiger partial charge in [0.1, 0.15) is 12.0 Å². The lowest BCUT2D eigenvalue weighted by Crippen LogP contribution is -2.29. The first-order valence-corrected chi connectivity index (χ1v) is 9.77. The lowest BCUT2D eigenvalue weighted by Gasteiger charge is -2.27. The molecule has 1 aliphatic carbocycles. The number of rotatable bonds is 8. The van der Waals surface area contributed by atoms with Gasteiger partial charge >= 0.3 is 5.82 Å². The third-order valence-electron chi connectivity index (χ3n) is 4.95. The van der Waals surface area contributed by atoms with Gasteiger partial charge in [0.05, 0.1) is 11.7 Å². The van der Waals surface area contributed by atoms with E-state index in [-0.39, 0.29) is 30.5 Å². The van der Waals surface area contributed by atoms with Crippen molar-refractivity contribution in [2.24, 2.45) is 0 Å². The van der Waals surface area contributed by atoms with Gasteiger partial charge in [0.2, 0.25) is 5.95 Å². The Bertz CT molecular complexity index is 844. The smallest absolute Gasteiger partial charge is 0.364 e. The van der Waals surface area contributed by atoms with Crippen LogP contribution < -0.4 is 10.6 Å². The van der Waals surface area contributed by atoms with Crippen molar-refractivity contribution in [3.8, 4) is 11.3 Å². The number of nitro groups is 1. The van der Waals surface area contributed by atoms with E-state index in [1.807, 2.05) is 0 Å². The van der Waals surface area contributed by atoms with Crippen LogP contribution in [0.5, 0.6) is 0 Å². The van der Waals surface area contributed by atoms with E-state index in [0.29, 0.717) is 36.3 Å². The molecule has 0 spiro atoms. The van der Waals surface area contributed by atoms with Gasteiger partial charge in [0.15, 0.2) is 5.69 Å². The lowest BCUT2D eigenvalue weighted by molar-refractivity contribution is -0.389. The normalized spacial score (nSPS) is 20.1. The molecule has 0 bridgehead atoms. The Morgan fingerprint density at radius 1 is 1.31 bits per heavy atom. The number of nitrogens with zero attached hydrogens (tertiary/aromatic N) is 4. The number of anilines is 2. The Kier molecular flexibility index (Phi) is 6.86. The van der Waals surface area contributed by atoms with Crippen LogP contribution in [0, 0.1) is 10.1 Å². The van der Waals surface area contributed by atoms with E-state index in [4.69, 9.17) is 0 Å². The zero-order valence-electron chi connectivity index (χ0n) is 16.2. The minimum atomic E-state index is -1.01. The molecule has 3 rings (SSSR count). The zero-order valence-corrected chi connectivity index (χ0v) is 16.2. The quantitative estimate of drug-likeness (QED) is 0.452. The highest BCUT2D eigenvalue weighted by molar-refractivity contribution is 5.73. The minimum absolute atomic E-state index is 0.0972. The van der Waals surface area contributed by atoms with Crippen LogP contribution in [0.25, 0.3) is 11.3 Å². The van der Waals surface area contributed by atoms with Crippen LogP contribution >= 0.6 is 0 Å². The van der Waals surface area contributed by atoms with Gasteiger partial charge in [-0.15, -0.1) is 0 Å². The SMILES string of the molecule is CCC(F)CNc1ncc(-c2cccc([N+](=O)[O-])n2)c(NC2CCC(O)CC2)n1. The van der Waals surface area contributed by atoms with Crippen molar-refractivity contribution >= 4 is 17.6 Å². The average Bonchev–Trinajstić information content (AvgIpc) is 2.74. The van der Waals surface area contributed by atoms with E-state index in [2.05, 4.69) is 25.6 Å². The predicted molar refractivity (Wildman–Crippen MR) is 107 cm³/mol. The molecule has 3 N–H and O–H groups in total. The molecule has 0 aliphatic heterocycles. The molecule has 156 valence electrons. The molecule has 2 aromatic rings. The van der Waals surface area contributed by atoms with E-state index in [0.717, 1.165) is 12.8 Å². The molecule has 1 unspecified atom stereocenters. The second-order valence-electron chi connectivity index (χ2n) is 7.13. The first kappa shape index (κ1) is 20.8. The molecule has 1 saturated carbocycles. The van der Waals surface area contributed by atoms with Gasteiger partial charge in [0, 0.05) is 24.8 Å². The maximum Gasteiger partial charge on any atom is 0.364 e. The number of aliphatic hydroxyl groups excluding tert-OH is 1. The summed E-state index contributed by atoms with van der Waals surface area (Å²) in [5.74, 6) is 0.483. The molecule has 9 nitrogen and oxygen atoms in total. The maximum atomic E-state index is 13.6. The summed E-state index contributed by atoms with van der Waals surface area (Å²) >= 11 is 0. The number of halogens is 1. The van der Waals surface area contributed by atoms with E-state index in [1.165, 1.54) is 12.3 Å². The van der Waals surface area contributed by atoms with Crippen molar-refractivity contribution in [1.29, 1.82) is 0 Å². The Hall–Kier alpha value is -2.88. The van der Waals surface area contributed by atoms with Crippen LogP contribution in [-0.2, 0) is 0 Å². The summed E-state index contributed by atoms with van der Waals surface area (Å²) in [6.45, 7) is 1.86. The molecule has 0 aromatic carbocycles. The third kappa shape index (κ3) is 5.57. The summed E-state index contributed by atoms with van der Waals surface area (Å²) < 4.78 is 13.6. The van der Waals surface area contributed by atoms with E-state index < -0.39 is 11.1 Å². The molecule has 0 amide bonds. The number of hydrogen-bond donors (Lipinski definition) is 3. The molecule has 10 heteroatoms. The molecule has 1 fully saturated rings. The fourth-order valence-electron chi connectivity index (χ4n) is 3.20. The van der Waals surface area contributed by atoms with Crippen LogP contribution in [0.3, 0.4) is 0 Å². The molecule has 1 atom stereocenters. The standard InChI is InChI=1S/C19H25FN6O3/c1-2-12(20)10-21-19-22-11-15(16-4-3-5-17(24-16)26(28)29)18(25-19)23-13-6-8-14(27)9-7-13/h3-5,11-14,27H,2,6-10H2,1H3,(H2,21,22,23,25). The molecule has 2 heterocycles. The maximum absolute atomic E-state index is 13.6. The molecule has 29 heavy (non-hydrogen) atoms. The van der Waals surface area contributed by atoms with E-state index in [1.54, 1.807) is 19.1 Å². The van der Waals surface area contributed by atoms with Gasteiger partial charge in [-0.2, -0.15) is 4.98 Å². The summed E-state index contributed by atoms with van der Waals surface area (Å²) in [7, 11) is 0. The summed E-state index contributed by atoms with van der Waals surface area (Å²) in [5.41, 5.74) is 0.902. The number of alkyl halides is 1. The van der Waals surface area contributed by atoms with Crippen molar-refractivity contribution in [3.05, 3.63) is 34.5 Å². The number of pyridine rings is 1. The number of aromatic nitrogens is 3. The Morgan fingerprint density at radius 2 is 2.07 bits per heavy atom. The van der Waals surface area contributed by atoms with Gasteiger partial charge in [0.25, 0.3) is 0 Å². The largest absolute Gasteiger partial charge is 0.393 e. The molecule has 1 aliphatic rings. The molecular weight excluding hydrogens is 379 g/mol. The zero-order chi connectivity index (χ0) is 20.8. The minimum Gasteiger partial charge on any atom is -0.393 e. The van der Waals surface area contributed by atoms with E-state index in [9.17, 15) is 19.6 Å². The van der Waals surface area contributed by atoms with Crippen LogP contribution in [0.4, 0.5) is 22.0 Å². The molecule has 0 saturated heterocycles. The van der Waals surface area contributed by atoms with Crippen molar-refractivity contribution in [1.82, 2.24) is 15.0 Å². The van der Waals surface area contributed by atoms with Crippen LogP contribution in [0.2, 0.25) is 0 Å². The first-order valence-electron chi connectivity index (χ1n) is 9.77. The van der Waals surface area contributed by atoms with Crippen LogP contribution in [0.1, 0.15) is 39.0 Å². The topological polar surface area (TPSA) is 126 Å². The summed E-state index contributed by atoms with van der Waals surface area (Å²) in [6.07, 6.45) is 3.56. The number of nitrogens with one attached hydrogen (secondary N) is 2. The second-order valence-corrected chi connectivity index (χ2v) is 7.13. The molecule has 2 aromatic heterocycles. The average molecular weight is 404 g/mol. The number of hydrogen-bond acceptors (Lipinski definition) is 8. The number of aliphatic hydroxyl groups is 1. The Balaban J connectivity index is 1.89. The fraction of sp³-hybridized carbons (Fsp3) is 0.526. The second kappa shape index (κ2) is 9.55. The third-order valence-corrected chi connectivity index (χ3v) is 4.95. The lowest BCUT2D eigenvalue weighted by atomic mass is 9.93. The molecular formula is C19H25FN6O3. The summed E-state index contributed by atoms with van der Waals surface area (Å²) in [6, 6.07) is 4.64. The monoisotopic (exact) mass is 404 g/mol. The predicted octanol–water partition coefficient (Wildman–Crippen LogP) is 3.32. The van der Waals surface area contributed by atoms with Gasteiger partial charge in [-0.3, -0.25) is 0 Å². The van der Waals surface area contributed by atoms with Gasteiger partial charge in [-0.1, -0.05) is 6.92 Å². The van der Waals surface area contributed by atoms with Crippen molar-refractivity contribution < 1.29 is 14.4 Å². The van der Waals surface area contributed by atoms with Crippen LogP contribution in [0.15, 0.2) is 24.4 Å². The van der Waals surface area contributed by atoms with Crippen molar-refractivity contribution in [2.45, 2.75) is 57.3 Å². The summed E-state index contributed by atoms with van der Waals surface area (Å²) in [4.78, 5) is 23.3. The first-order chi connectivity index (χ1) is 14.0. The van der Waals surface area contributed by atoms with Gasteiger partial charge < -0.3 is 25.9 Å². The highest BCUT2D eigenvalue weighted by Gasteiger charge is 2.23. The van der Waals surface area contributed by atoms with Crippen molar-refractivity contribution in [3.63, 3.8) is 0 Å². The fourth-order valence-corrected chi connectivity index (χ4v) is 3.20. The Morgan fingerprint density at radius 3 is 2.76 bits per heavy atom. The van der Waals surface area contributed by atoms with Crippen molar-refractivity contribution in [2.75, 3.05) is 17.2 Å². The van der Waals surface area contributed by atoms with Gasteiger partial charge in [-0.25, -0.2) is 9.37 Å². The Labute approximate surface area is 168 Å². The molecule has 0 radical (unpaired) electrons. The van der Waals surface area contributed by atoms with Gasteiger partial charge in [-0.05, 0) is 54.1 Å².